The van der Waals surface area contributed by atoms with Crippen LogP contribution in [0.4, 0.5) is 0 Å². The summed E-state index contributed by atoms with van der Waals surface area (Å²) >= 11 is 0. The predicted molar refractivity (Wildman–Crippen MR) is 70.6 cm³/mol. The number of hydrogen-bond acceptors (Lipinski definition) is 3. The van der Waals surface area contributed by atoms with Crippen LogP contribution in [0.1, 0.15) is 16.2 Å². The Morgan fingerprint density at radius 1 is 1.26 bits per heavy atom. The molecule has 0 fully saturated rings. The van der Waals surface area contributed by atoms with Gasteiger partial charge < -0.3 is 5.11 Å². The lowest BCUT2D eigenvalue weighted by molar-refractivity contribution is 0.0699. The van der Waals surface area contributed by atoms with Gasteiger partial charge in [-0.15, -0.1) is 0 Å². The summed E-state index contributed by atoms with van der Waals surface area (Å²) < 4.78 is 1.85. The van der Waals surface area contributed by atoms with Gasteiger partial charge in [-0.25, -0.2) is 14.8 Å². The van der Waals surface area contributed by atoms with Crippen LogP contribution in [0.5, 0.6) is 0 Å². The largest absolute Gasteiger partial charge is 0.478 e. The van der Waals surface area contributed by atoms with Crippen molar-refractivity contribution in [3.05, 3.63) is 54.1 Å². The Kier molecular flexibility index (Phi) is 2.52. The zero-order valence-electron chi connectivity index (χ0n) is 10.2. The van der Waals surface area contributed by atoms with Crippen molar-refractivity contribution < 1.29 is 9.90 Å². The van der Waals surface area contributed by atoms with E-state index in [0.29, 0.717) is 10.9 Å². The second kappa shape index (κ2) is 4.20. The van der Waals surface area contributed by atoms with Crippen LogP contribution in [-0.4, -0.2) is 25.6 Å². The number of fused-ring (bicyclic) bond motifs is 1. The van der Waals surface area contributed by atoms with Crippen LogP contribution in [0.15, 0.2) is 42.7 Å². The van der Waals surface area contributed by atoms with Crippen molar-refractivity contribution in [3.63, 3.8) is 0 Å². The maximum Gasteiger partial charge on any atom is 0.336 e. The van der Waals surface area contributed by atoms with Crippen molar-refractivity contribution in [2.24, 2.45) is 0 Å². The third-order valence-corrected chi connectivity index (χ3v) is 3.02. The normalized spacial score (nSPS) is 10.8. The molecular weight excluding hydrogens is 242 g/mol. The molecule has 0 aliphatic carbocycles. The van der Waals surface area contributed by atoms with E-state index in [1.165, 1.54) is 0 Å². The molecule has 0 aliphatic heterocycles. The predicted octanol–water partition coefficient (Wildman–Crippen LogP) is 2.43. The molecule has 0 amide bonds. The first-order valence-corrected chi connectivity index (χ1v) is 5.80. The molecule has 2 aromatic heterocycles. The summed E-state index contributed by atoms with van der Waals surface area (Å²) in [4.78, 5) is 19.8. The third kappa shape index (κ3) is 1.85. The number of nitrogens with zero attached hydrogens (tertiary/aromatic N) is 3. The van der Waals surface area contributed by atoms with Crippen LogP contribution < -0.4 is 0 Å². The number of pyridine rings is 1. The van der Waals surface area contributed by atoms with Crippen LogP contribution in [0.2, 0.25) is 0 Å². The summed E-state index contributed by atoms with van der Waals surface area (Å²) in [5.74, 6) is 0.616. The molecule has 0 radical (unpaired) electrons. The van der Waals surface area contributed by atoms with Crippen LogP contribution in [0, 0.1) is 6.92 Å². The molecule has 0 bridgehead atoms. The molecule has 94 valence electrons. The highest BCUT2D eigenvalue weighted by Crippen LogP contribution is 2.19. The number of carboxylic acid groups (broad SMARTS) is 1. The fourth-order valence-electron chi connectivity index (χ4n) is 2.08. The van der Waals surface area contributed by atoms with Gasteiger partial charge in [-0.2, -0.15) is 0 Å². The van der Waals surface area contributed by atoms with Gasteiger partial charge in [-0.1, -0.05) is 6.07 Å². The number of aromatic carboxylic acids is 1. The molecule has 1 N–H and O–H groups in total. The fourth-order valence-corrected chi connectivity index (χ4v) is 2.08. The fraction of sp³-hybridized carbons (Fsp3) is 0.0714. The highest BCUT2D eigenvalue weighted by atomic mass is 16.4. The topological polar surface area (TPSA) is 68.0 Å². The van der Waals surface area contributed by atoms with Crippen molar-refractivity contribution in [3.8, 4) is 5.82 Å². The number of carbonyl (C=O) groups is 1. The minimum absolute atomic E-state index is 0.263. The van der Waals surface area contributed by atoms with Gasteiger partial charge in [-0.05, 0) is 31.2 Å². The number of rotatable bonds is 2. The molecule has 3 aromatic rings. The average molecular weight is 253 g/mol. The van der Waals surface area contributed by atoms with Crippen LogP contribution in [-0.2, 0) is 0 Å². The van der Waals surface area contributed by atoms with Crippen molar-refractivity contribution in [1.29, 1.82) is 0 Å². The Morgan fingerprint density at radius 3 is 2.79 bits per heavy atom. The summed E-state index contributed by atoms with van der Waals surface area (Å²) in [6, 6.07) is 8.65. The smallest absolute Gasteiger partial charge is 0.336 e. The summed E-state index contributed by atoms with van der Waals surface area (Å²) in [6.45, 7) is 1.89. The monoisotopic (exact) mass is 253 g/mol. The maximum atomic E-state index is 11.1. The van der Waals surface area contributed by atoms with Gasteiger partial charge >= 0.3 is 5.97 Å². The molecule has 3 rings (SSSR count). The number of carboxylic acids is 1. The standard InChI is InChI=1S/C14H11N3O2/c1-9-15-7-8-17(9)13-6-5-10-11(14(18)19)3-2-4-12(10)16-13/h2-8H,1H3,(H,18,19). The summed E-state index contributed by atoms with van der Waals surface area (Å²) in [5.41, 5.74) is 0.921. The van der Waals surface area contributed by atoms with Gasteiger partial charge in [0.2, 0.25) is 0 Å². The van der Waals surface area contributed by atoms with E-state index in [1.807, 2.05) is 17.7 Å². The summed E-state index contributed by atoms with van der Waals surface area (Å²) in [7, 11) is 0. The number of benzene rings is 1. The van der Waals surface area contributed by atoms with Gasteiger partial charge in [0.15, 0.2) is 0 Å². The third-order valence-electron chi connectivity index (χ3n) is 3.02. The lowest BCUT2D eigenvalue weighted by atomic mass is 10.1. The first-order chi connectivity index (χ1) is 9.16. The number of aromatic nitrogens is 3. The van der Waals surface area contributed by atoms with E-state index in [9.17, 15) is 4.79 Å². The molecule has 0 spiro atoms. The minimum Gasteiger partial charge on any atom is -0.478 e. The molecule has 5 heteroatoms. The second-order valence-electron chi connectivity index (χ2n) is 4.19. The van der Waals surface area contributed by atoms with Crippen molar-refractivity contribution in [2.45, 2.75) is 6.92 Å². The van der Waals surface area contributed by atoms with Gasteiger partial charge in [-0.3, -0.25) is 4.57 Å². The molecule has 0 aliphatic rings. The van der Waals surface area contributed by atoms with Gasteiger partial charge in [0.25, 0.3) is 0 Å². The second-order valence-corrected chi connectivity index (χ2v) is 4.19. The number of imidazole rings is 1. The Labute approximate surface area is 109 Å². The first kappa shape index (κ1) is 11.4. The molecule has 5 nitrogen and oxygen atoms in total. The van der Waals surface area contributed by atoms with E-state index in [-0.39, 0.29) is 5.56 Å². The summed E-state index contributed by atoms with van der Waals surface area (Å²) in [6.07, 6.45) is 3.53. The maximum absolute atomic E-state index is 11.1. The van der Waals surface area contributed by atoms with Gasteiger partial charge in [0, 0.05) is 17.8 Å². The molecule has 0 saturated heterocycles. The Balaban J connectivity index is 2.23. The van der Waals surface area contributed by atoms with Crippen LogP contribution >= 0.6 is 0 Å². The Hall–Kier alpha value is -2.69. The SMILES string of the molecule is Cc1nccn1-c1ccc2c(C(=O)O)cccc2n1. The lowest BCUT2D eigenvalue weighted by Crippen LogP contribution is -2.01. The lowest BCUT2D eigenvalue weighted by Gasteiger charge is -2.07. The van der Waals surface area contributed by atoms with E-state index in [2.05, 4.69) is 9.97 Å². The van der Waals surface area contributed by atoms with Crippen molar-refractivity contribution >= 4 is 16.9 Å². The summed E-state index contributed by atoms with van der Waals surface area (Å²) in [5, 5.41) is 9.77. The molecule has 0 atom stereocenters. The van der Waals surface area contributed by atoms with Gasteiger partial charge in [0.1, 0.15) is 11.6 Å². The van der Waals surface area contributed by atoms with Crippen LogP contribution in [0.25, 0.3) is 16.7 Å². The molecule has 19 heavy (non-hydrogen) atoms. The van der Waals surface area contributed by atoms with E-state index >= 15 is 0 Å². The van der Waals surface area contributed by atoms with Crippen molar-refractivity contribution in [2.75, 3.05) is 0 Å². The zero-order valence-corrected chi connectivity index (χ0v) is 10.2. The van der Waals surface area contributed by atoms with E-state index in [1.54, 1.807) is 36.5 Å². The zero-order chi connectivity index (χ0) is 13.4. The Morgan fingerprint density at radius 2 is 2.11 bits per heavy atom. The Bertz CT molecular complexity index is 777. The van der Waals surface area contributed by atoms with E-state index in [4.69, 9.17) is 5.11 Å². The number of aryl methyl sites for hydroxylation is 1. The molecule has 2 heterocycles. The number of hydrogen-bond donors (Lipinski definition) is 1. The molecule has 0 saturated carbocycles. The average Bonchev–Trinajstić information content (AvgIpc) is 2.83. The minimum atomic E-state index is -0.945. The quantitative estimate of drug-likeness (QED) is 0.761. The highest BCUT2D eigenvalue weighted by molar-refractivity contribution is 6.02. The molecule has 1 aromatic carbocycles. The molecular formula is C14H11N3O2. The van der Waals surface area contributed by atoms with Crippen LogP contribution in [0.3, 0.4) is 0 Å². The highest BCUT2D eigenvalue weighted by Gasteiger charge is 2.10. The molecule has 0 unspecified atom stereocenters. The van der Waals surface area contributed by atoms with E-state index in [0.717, 1.165) is 11.6 Å². The van der Waals surface area contributed by atoms with Crippen molar-refractivity contribution in [1.82, 2.24) is 14.5 Å². The van der Waals surface area contributed by atoms with E-state index < -0.39 is 5.97 Å². The first-order valence-electron chi connectivity index (χ1n) is 5.80. The van der Waals surface area contributed by atoms with Gasteiger partial charge in [0.05, 0.1) is 11.1 Å².